The van der Waals surface area contributed by atoms with Crippen molar-refractivity contribution in [1.82, 2.24) is 0 Å². The number of rotatable bonds is 5. The van der Waals surface area contributed by atoms with Gasteiger partial charge in [0, 0.05) is 6.42 Å². The van der Waals surface area contributed by atoms with Crippen LogP contribution in [0.15, 0.2) is 11.6 Å². The second-order valence-corrected chi connectivity index (χ2v) is 3.92. The van der Waals surface area contributed by atoms with Crippen LogP contribution in [0.2, 0.25) is 0 Å². The van der Waals surface area contributed by atoms with Crippen LogP contribution in [0.3, 0.4) is 0 Å². The molecule has 0 heterocycles. The van der Waals surface area contributed by atoms with Gasteiger partial charge in [-0.3, -0.25) is 0 Å². The molecule has 0 aliphatic rings. The van der Waals surface area contributed by atoms with Crippen LogP contribution in [0.5, 0.6) is 0 Å². The third kappa shape index (κ3) is 6.25. The Bertz CT molecular complexity index is 237. The van der Waals surface area contributed by atoms with Gasteiger partial charge in [-0.15, -0.1) is 0 Å². The highest BCUT2D eigenvalue weighted by Crippen LogP contribution is 2.16. The van der Waals surface area contributed by atoms with Crippen molar-refractivity contribution in [3.8, 4) is 0 Å². The summed E-state index contributed by atoms with van der Waals surface area (Å²) < 4.78 is 9.80. The topological polar surface area (TPSA) is 55.8 Å². The lowest BCUT2D eigenvalue weighted by molar-refractivity contribution is -0.215. The molecule has 0 spiro atoms. The van der Waals surface area contributed by atoms with Crippen LogP contribution < -0.4 is 0 Å². The van der Waals surface area contributed by atoms with E-state index in [4.69, 9.17) is 4.74 Å². The molecule has 88 valence electrons. The van der Waals surface area contributed by atoms with Gasteiger partial charge in [0.2, 0.25) is 0 Å². The zero-order chi connectivity index (χ0) is 12.1. The molecule has 1 unspecified atom stereocenters. The summed E-state index contributed by atoms with van der Waals surface area (Å²) in [5, 5.41) is 9.47. The van der Waals surface area contributed by atoms with Crippen LogP contribution >= 0.6 is 0 Å². The van der Waals surface area contributed by atoms with Crippen LogP contribution in [0.25, 0.3) is 0 Å². The molecule has 4 nitrogen and oxygen atoms in total. The molecule has 0 aromatic carbocycles. The van der Waals surface area contributed by atoms with Crippen LogP contribution in [-0.4, -0.2) is 30.1 Å². The Kier molecular flexibility index (Phi) is 5.54. The summed E-state index contributed by atoms with van der Waals surface area (Å²) in [5.41, 5.74) is 1.01. The van der Waals surface area contributed by atoms with Gasteiger partial charge in [0.05, 0.1) is 7.11 Å². The monoisotopic (exact) mass is 216 g/mol. The molecule has 0 aromatic heterocycles. The maximum atomic E-state index is 11.4. The summed E-state index contributed by atoms with van der Waals surface area (Å²) in [5.74, 6) is -1.81. The third-order valence-corrected chi connectivity index (χ3v) is 1.89. The van der Waals surface area contributed by atoms with Gasteiger partial charge < -0.3 is 14.6 Å². The normalized spacial score (nSPS) is 14.9. The second-order valence-electron chi connectivity index (χ2n) is 3.92. The minimum Gasteiger partial charge on any atom is -0.467 e. The summed E-state index contributed by atoms with van der Waals surface area (Å²) in [7, 11) is 1.30. The number of ether oxygens (including phenoxy) is 2. The van der Waals surface area contributed by atoms with E-state index >= 15 is 0 Å². The fraction of sp³-hybridized carbons (Fsp3) is 0.727. The maximum Gasteiger partial charge on any atom is 0.335 e. The van der Waals surface area contributed by atoms with E-state index in [9.17, 15) is 9.90 Å². The first kappa shape index (κ1) is 14.1. The first-order valence-corrected chi connectivity index (χ1v) is 4.90. The Morgan fingerprint density at radius 1 is 1.53 bits per heavy atom. The van der Waals surface area contributed by atoms with Gasteiger partial charge in [-0.25, -0.2) is 4.79 Å². The van der Waals surface area contributed by atoms with Gasteiger partial charge >= 0.3 is 5.97 Å². The van der Waals surface area contributed by atoms with Crippen molar-refractivity contribution >= 4 is 5.97 Å². The first-order chi connectivity index (χ1) is 6.80. The molecule has 0 radical (unpaired) electrons. The van der Waals surface area contributed by atoms with Crippen LogP contribution in [0, 0.1) is 0 Å². The van der Waals surface area contributed by atoms with E-state index in [0.717, 1.165) is 5.57 Å². The Labute approximate surface area is 90.9 Å². The van der Waals surface area contributed by atoms with Crippen LogP contribution in [0.1, 0.15) is 34.1 Å². The molecule has 0 aliphatic carbocycles. The van der Waals surface area contributed by atoms with E-state index in [1.807, 2.05) is 19.9 Å². The number of hydrogen-bond donors (Lipinski definition) is 1. The number of hydrogen-bond acceptors (Lipinski definition) is 4. The van der Waals surface area contributed by atoms with Crippen molar-refractivity contribution in [3.05, 3.63) is 11.6 Å². The molecule has 0 rings (SSSR count). The first-order valence-electron chi connectivity index (χ1n) is 4.90. The average Bonchev–Trinajstić information content (AvgIpc) is 2.13. The van der Waals surface area contributed by atoms with Crippen molar-refractivity contribution in [1.29, 1.82) is 0 Å². The molecule has 0 bridgehead atoms. The van der Waals surface area contributed by atoms with Gasteiger partial charge in [-0.05, 0) is 27.7 Å². The molecule has 1 N–H and O–H groups in total. The lowest BCUT2D eigenvalue weighted by Gasteiger charge is -2.24. The molecule has 15 heavy (non-hydrogen) atoms. The number of aliphatic hydroxyl groups is 1. The Morgan fingerprint density at radius 2 is 2.07 bits per heavy atom. The molecule has 0 fully saturated rings. The van der Waals surface area contributed by atoms with Gasteiger partial charge in [-0.2, -0.15) is 0 Å². The van der Waals surface area contributed by atoms with Crippen molar-refractivity contribution in [2.75, 3.05) is 7.11 Å². The average molecular weight is 216 g/mol. The van der Waals surface area contributed by atoms with E-state index in [0.29, 0.717) is 6.42 Å². The fourth-order valence-corrected chi connectivity index (χ4v) is 1.06. The number of esters is 1. The van der Waals surface area contributed by atoms with Gasteiger partial charge in [0.1, 0.15) is 0 Å². The van der Waals surface area contributed by atoms with Gasteiger partial charge in [-0.1, -0.05) is 11.6 Å². The summed E-state index contributed by atoms with van der Waals surface area (Å²) in [6, 6.07) is 0. The van der Waals surface area contributed by atoms with E-state index in [2.05, 4.69) is 4.74 Å². The zero-order valence-corrected chi connectivity index (χ0v) is 10.0. The molecule has 4 heteroatoms. The smallest absolute Gasteiger partial charge is 0.335 e. The van der Waals surface area contributed by atoms with Crippen LogP contribution in [-0.2, 0) is 14.3 Å². The Balaban J connectivity index is 4.53. The molecule has 1 atom stereocenters. The molecular weight excluding hydrogens is 196 g/mol. The highest BCUT2D eigenvalue weighted by molar-refractivity contribution is 5.74. The quantitative estimate of drug-likeness (QED) is 0.431. The minimum absolute atomic E-state index is 0.424. The highest BCUT2D eigenvalue weighted by atomic mass is 16.6. The summed E-state index contributed by atoms with van der Waals surface area (Å²) in [4.78, 5) is 11.4. The van der Waals surface area contributed by atoms with Gasteiger partial charge in [0.25, 0.3) is 0 Å². The van der Waals surface area contributed by atoms with Crippen molar-refractivity contribution in [2.45, 2.75) is 46.0 Å². The second kappa shape index (κ2) is 5.88. The predicted molar refractivity (Wildman–Crippen MR) is 57.2 cm³/mol. The standard InChI is InChI=1S/C11H20O4/c1-6-8(2)7-9(10(12)14-5)15-11(3,4)13/h6,9,13H,7H2,1-5H3/b8-6-. The lowest BCUT2D eigenvalue weighted by Crippen LogP contribution is -2.36. The Morgan fingerprint density at radius 3 is 2.40 bits per heavy atom. The number of allylic oxidation sites excluding steroid dienone is 1. The van der Waals surface area contributed by atoms with E-state index in [1.165, 1.54) is 21.0 Å². The molecule has 0 aromatic rings. The maximum absolute atomic E-state index is 11.4. The number of carbonyl (C=O) groups is 1. The predicted octanol–water partition coefficient (Wildman–Crippen LogP) is 1.63. The third-order valence-electron chi connectivity index (χ3n) is 1.89. The molecule has 0 amide bonds. The SMILES string of the molecule is C/C=C(/C)CC(OC(C)(C)O)C(=O)OC. The fourth-order valence-electron chi connectivity index (χ4n) is 1.06. The largest absolute Gasteiger partial charge is 0.467 e. The number of methoxy groups -OCH3 is 1. The summed E-state index contributed by atoms with van der Waals surface area (Å²) in [6.07, 6.45) is 1.56. The highest BCUT2D eigenvalue weighted by Gasteiger charge is 2.27. The van der Waals surface area contributed by atoms with Gasteiger partial charge in [0.15, 0.2) is 11.9 Å². The van der Waals surface area contributed by atoms with Crippen molar-refractivity contribution in [3.63, 3.8) is 0 Å². The molecule has 0 aliphatic heterocycles. The Hall–Kier alpha value is -0.870. The van der Waals surface area contributed by atoms with E-state index < -0.39 is 17.9 Å². The van der Waals surface area contributed by atoms with E-state index in [1.54, 1.807) is 0 Å². The minimum atomic E-state index is -1.34. The molecular formula is C11H20O4. The summed E-state index contributed by atoms with van der Waals surface area (Å²) in [6.45, 7) is 6.74. The van der Waals surface area contributed by atoms with Crippen LogP contribution in [0.4, 0.5) is 0 Å². The van der Waals surface area contributed by atoms with E-state index in [-0.39, 0.29) is 0 Å². The van der Waals surface area contributed by atoms with Crippen molar-refractivity contribution < 1.29 is 19.4 Å². The lowest BCUT2D eigenvalue weighted by atomic mass is 10.1. The number of carbonyl (C=O) groups excluding carboxylic acids is 1. The molecule has 0 saturated heterocycles. The molecule has 0 saturated carbocycles. The summed E-state index contributed by atoms with van der Waals surface area (Å²) >= 11 is 0. The zero-order valence-electron chi connectivity index (χ0n) is 10.0. The van der Waals surface area contributed by atoms with Crippen molar-refractivity contribution in [2.24, 2.45) is 0 Å².